The number of carbonyl (C=O) groups is 2. The minimum absolute atomic E-state index is 0.146. The lowest BCUT2D eigenvalue weighted by atomic mass is 9.85. The molecule has 6 heteroatoms. The van der Waals surface area contributed by atoms with E-state index in [2.05, 4.69) is 21.7 Å². The van der Waals surface area contributed by atoms with E-state index in [9.17, 15) is 14.7 Å². The summed E-state index contributed by atoms with van der Waals surface area (Å²) in [6.07, 6.45) is 5.33. The first-order chi connectivity index (χ1) is 12.6. The molecule has 1 aromatic carbocycles. The second kappa shape index (κ2) is 6.46. The highest BCUT2D eigenvalue weighted by atomic mass is 16.4. The smallest absolute Gasteiger partial charge is 0.337 e. The van der Waals surface area contributed by atoms with Crippen LogP contribution in [0.25, 0.3) is 11.6 Å². The predicted octanol–water partition coefficient (Wildman–Crippen LogP) is 2.98. The van der Waals surface area contributed by atoms with Crippen molar-refractivity contribution < 1.29 is 14.7 Å². The molecule has 134 valence electrons. The summed E-state index contributed by atoms with van der Waals surface area (Å²) in [5, 5.41) is 15.6. The van der Waals surface area contributed by atoms with Crippen LogP contribution in [0.4, 0.5) is 5.69 Å². The minimum Gasteiger partial charge on any atom is -0.478 e. The summed E-state index contributed by atoms with van der Waals surface area (Å²) in [6.45, 7) is 3.71. The van der Waals surface area contributed by atoms with Gasteiger partial charge in [-0.2, -0.15) is 0 Å². The van der Waals surface area contributed by atoms with Crippen molar-refractivity contribution in [2.45, 2.75) is 25.7 Å². The molecule has 4 N–H and O–H groups in total. The molecule has 2 aliphatic rings. The number of carboxylic acid groups (broad SMARTS) is 1. The van der Waals surface area contributed by atoms with E-state index >= 15 is 0 Å². The van der Waals surface area contributed by atoms with Crippen molar-refractivity contribution >= 4 is 29.2 Å². The molecule has 2 aliphatic heterocycles. The van der Waals surface area contributed by atoms with Gasteiger partial charge in [-0.15, -0.1) is 0 Å². The summed E-state index contributed by atoms with van der Waals surface area (Å²) in [7, 11) is 0. The van der Waals surface area contributed by atoms with Gasteiger partial charge in [0.2, 0.25) is 0 Å². The van der Waals surface area contributed by atoms with Gasteiger partial charge in [0.05, 0.1) is 11.1 Å². The zero-order valence-electron chi connectivity index (χ0n) is 14.6. The predicted molar refractivity (Wildman–Crippen MR) is 100 cm³/mol. The van der Waals surface area contributed by atoms with Crippen LogP contribution in [-0.4, -0.2) is 35.1 Å². The number of amides is 1. The lowest BCUT2D eigenvalue weighted by Gasteiger charge is -2.25. The van der Waals surface area contributed by atoms with Gasteiger partial charge in [-0.3, -0.25) is 4.79 Å². The monoisotopic (exact) mass is 351 g/mol. The average Bonchev–Trinajstić information content (AvgIpc) is 3.16. The number of hydrogen-bond acceptors (Lipinski definition) is 3. The normalized spacial score (nSPS) is 18.8. The molecular weight excluding hydrogens is 330 g/mol. The van der Waals surface area contributed by atoms with Crippen LogP contribution in [0.5, 0.6) is 0 Å². The van der Waals surface area contributed by atoms with E-state index in [1.165, 1.54) is 11.8 Å². The fourth-order valence-corrected chi connectivity index (χ4v) is 3.92. The van der Waals surface area contributed by atoms with E-state index in [0.29, 0.717) is 22.7 Å². The van der Waals surface area contributed by atoms with Crippen LogP contribution in [-0.2, 0) is 4.79 Å². The van der Waals surface area contributed by atoms with Crippen molar-refractivity contribution in [3.63, 3.8) is 0 Å². The molecule has 0 aliphatic carbocycles. The fourth-order valence-electron chi connectivity index (χ4n) is 3.92. The highest BCUT2D eigenvalue weighted by molar-refractivity contribution is 6.35. The number of aromatic carboxylic acids is 1. The summed E-state index contributed by atoms with van der Waals surface area (Å²) in [4.78, 5) is 26.9. The second-order valence-electron chi connectivity index (χ2n) is 6.85. The van der Waals surface area contributed by atoms with E-state index in [1.54, 1.807) is 13.0 Å². The molecule has 1 amide bonds. The molecule has 1 saturated heterocycles. The van der Waals surface area contributed by atoms with Gasteiger partial charge in [0.25, 0.3) is 5.91 Å². The summed E-state index contributed by atoms with van der Waals surface area (Å²) in [5.74, 6) is -0.705. The second-order valence-corrected chi connectivity index (χ2v) is 6.85. The Bertz CT molecular complexity index is 920. The lowest BCUT2D eigenvalue weighted by Crippen LogP contribution is -2.27. The van der Waals surface area contributed by atoms with E-state index in [1.807, 2.05) is 12.1 Å². The number of hydrogen-bond donors (Lipinski definition) is 4. The Kier molecular flexibility index (Phi) is 4.12. The Morgan fingerprint density at radius 1 is 1.27 bits per heavy atom. The topological polar surface area (TPSA) is 94.2 Å². The van der Waals surface area contributed by atoms with Crippen molar-refractivity contribution in [2.24, 2.45) is 0 Å². The van der Waals surface area contributed by atoms with Gasteiger partial charge in [-0.05, 0) is 62.0 Å². The van der Waals surface area contributed by atoms with E-state index in [0.717, 1.165) is 37.2 Å². The van der Waals surface area contributed by atoms with Crippen LogP contribution in [0.15, 0.2) is 24.4 Å². The van der Waals surface area contributed by atoms with Crippen LogP contribution in [0.2, 0.25) is 0 Å². The largest absolute Gasteiger partial charge is 0.478 e. The SMILES string of the molecule is Cc1c(C(=O)O)c[nH]c1C=C1C(=O)Nc2cccc(C3CCNCC3)c21. The molecule has 1 fully saturated rings. The number of aromatic amines is 1. The summed E-state index contributed by atoms with van der Waals surface area (Å²) in [6, 6.07) is 6.01. The molecule has 0 saturated carbocycles. The first-order valence-corrected chi connectivity index (χ1v) is 8.84. The third-order valence-electron chi connectivity index (χ3n) is 5.34. The number of anilines is 1. The van der Waals surface area contributed by atoms with Crippen molar-refractivity contribution in [3.8, 4) is 0 Å². The molecule has 1 aromatic heterocycles. The number of rotatable bonds is 3. The summed E-state index contributed by atoms with van der Waals surface area (Å²) < 4.78 is 0. The van der Waals surface area contributed by atoms with Gasteiger partial charge >= 0.3 is 5.97 Å². The third-order valence-corrected chi connectivity index (χ3v) is 5.34. The minimum atomic E-state index is -0.977. The highest BCUT2D eigenvalue weighted by Crippen LogP contribution is 2.41. The number of carboxylic acids is 1. The number of aromatic nitrogens is 1. The Balaban J connectivity index is 1.81. The third kappa shape index (κ3) is 2.72. The molecule has 0 unspecified atom stereocenters. The van der Waals surface area contributed by atoms with Crippen molar-refractivity contribution in [2.75, 3.05) is 18.4 Å². The maximum atomic E-state index is 12.6. The number of fused-ring (bicyclic) bond motifs is 1. The Labute approximate surface area is 151 Å². The fraction of sp³-hybridized carbons (Fsp3) is 0.300. The molecule has 3 heterocycles. The Morgan fingerprint density at radius 3 is 2.73 bits per heavy atom. The lowest BCUT2D eigenvalue weighted by molar-refractivity contribution is -0.110. The zero-order valence-corrected chi connectivity index (χ0v) is 14.6. The van der Waals surface area contributed by atoms with Crippen molar-refractivity contribution in [1.82, 2.24) is 10.3 Å². The molecule has 0 spiro atoms. The van der Waals surface area contributed by atoms with E-state index in [-0.39, 0.29) is 11.5 Å². The molecule has 0 radical (unpaired) electrons. The number of nitrogens with one attached hydrogen (secondary N) is 3. The summed E-state index contributed by atoms with van der Waals surface area (Å²) in [5.41, 5.74) is 5.08. The molecule has 26 heavy (non-hydrogen) atoms. The van der Waals surface area contributed by atoms with Crippen LogP contribution in [0.3, 0.4) is 0 Å². The maximum absolute atomic E-state index is 12.6. The van der Waals surface area contributed by atoms with E-state index < -0.39 is 5.97 Å². The number of carbonyl (C=O) groups excluding carboxylic acids is 1. The maximum Gasteiger partial charge on any atom is 0.337 e. The quantitative estimate of drug-likeness (QED) is 0.640. The van der Waals surface area contributed by atoms with Crippen LogP contribution in [0.1, 0.15) is 51.5 Å². The Morgan fingerprint density at radius 2 is 2.04 bits per heavy atom. The van der Waals surface area contributed by atoms with Gasteiger partial charge in [0.1, 0.15) is 0 Å². The van der Waals surface area contributed by atoms with Gasteiger partial charge in [0.15, 0.2) is 0 Å². The molecule has 0 atom stereocenters. The average molecular weight is 351 g/mol. The van der Waals surface area contributed by atoms with Gasteiger partial charge in [-0.1, -0.05) is 12.1 Å². The van der Waals surface area contributed by atoms with Crippen LogP contribution >= 0.6 is 0 Å². The number of piperidine rings is 1. The van der Waals surface area contributed by atoms with E-state index in [4.69, 9.17) is 0 Å². The molecule has 0 bridgehead atoms. The highest BCUT2D eigenvalue weighted by Gasteiger charge is 2.30. The molecular formula is C20H21N3O3. The standard InChI is InChI=1S/C20H21N3O3/c1-11-15(20(25)26)10-22-17(11)9-14-18-13(12-5-7-21-8-6-12)3-2-4-16(18)23-19(14)24/h2-4,9-10,12,21-22H,5-8H2,1H3,(H,23,24)(H,25,26). The molecule has 4 rings (SSSR count). The van der Waals surface area contributed by atoms with Gasteiger partial charge < -0.3 is 20.7 Å². The van der Waals surface area contributed by atoms with Crippen LogP contribution in [0, 0.1) is 6.92 Å². The molecule has 6 nitrogen and oxygen atoms in total. The Hall–Kier alpha value is -2.86. The van der Waals surface area contributed by atoms with Crippen LogP contribution < -0.4 is 10.6 Å². The first-order valence-electron chi connectivity index (χ1n) is 8.84. The van der Waals surface area contributed by atoms with Crippen molar-refractivity contribution in [1.29, 1.82) is 0 Å². The molecule has 2 aromatic rings. The first kappa shape index (κ1) is 16.6. The number of benzene rings is 1. The number of H-pyrrole nitrogens is 1. The summed E-state index contributed by atoms with van der Waals surface area (Å²) >= 11 is 0. The van der Waals surface area contributed by atoms with Gasteiger partial charge in [0, 0.05) is 23.1 Å². The van der Waals surface area contributed by atoms with Gasteiger partial charge in [-0.25, -0.2) is 4.79 Å². The van der Waals surface area contributed by atoms with Crippen molar-refractivity contribution in [3.05, 3.63) is 52.3 Å². The zero-order chi connectivity index (χ0) is 18.3.